The van der Waals surface area contributed by atoms with Gasteiger partial charge in [0, 0.05) is 12.0 Å². The van der Waals surface area contributed by atoms with Crippen LogP contribution in [0.1, 0.15) is 29.3 Å². The van der Waals surface area contributed by atoms with Crippen molar-refractivity contribution in [3.63, 3.8) is 0 Å². The van der Waals surface area contributed by atoms with Gasteiger partial charge in [-0.25, -0.2) is 4.79 Å². The number of esters is 1. The molecular formula is C15H20N2O4. The van der Waals surface area contributed by atoms with Crippen LogP contribution in [0.2, 0.25) is 0 Å². The molecule has 0 heterocycles. The van der Waals surface area contributed by atoms with E-state index in [4.69, 9.17) is 5.73 Å². The van der Waals surface area contributed by atoms with E-state index in [9.17, 15) is 14.4 Å². The summed E-state index contributed by atoms with van der Waals surface area (Å²) < 4.78 is 4.53. The quantitative estimate of drug-likeness (QED) is 0.561. The van der Waals surface area contributed by atoms with E-state index in [1.165, 1.54) is 7.11 Å². The molecular weight excluding hydrogens is 272 g/mol. The molecule has 1 rings (SSSR count). The van der Waals surface area contributed by atoms with Crippen LogP contribution in [0.15, 0.2) is 24.3 Å². The molecule has 1 amide bonds. The SMILES string of the molecule is COC(=O)C(C)NC(=O)CCc1ccc(C(=O)CN)cc1. The van der Waals surface area contributed by atoms with Crippen molar-refractivity contribution in [3.05, 3.63) is 35.4 Å². The third-order valence-corrected chi connectivity index (χ3v) is 3.03. The Kier molecular flexibility index (Phi) is 6.55. The van der Waals surface area contributed by atoms with Crippen molar-refractivity contribution < 1.29 is 19.1 Å². The second-order valence-corrected chi connectivity index (χ2v) is 4.64. The molecule has 0 aliphatic carbocycles. The molecule has 0 bridgehead atoms. The van der Waals surface area contributed by atoms with Crippen molar-refractivity contribution in [2.75, 3.05) is 13.7 Å². The fraction of sp³-hybridized carbons (Fsp3) is 0.400. The molecule has 0 fully saturated rings. The number of nitrogens with two attached hydrogens (primary N) is 1. The summed E-state index contributed by atoms with van der Waals surface area (Å²) >= 11 is 0. The molecule has 0 radical (unpaired) electrons. The van der Waals surface area contributed by atoms with Crippen LogP contribution in [0.5, 0.6) is 0 Å². The first-order valence-corrected chi connectivity index (χ1v) is 6.67. The van der Waals surface area contributed by atoms with E-state index in [0.717, 1.165) is 5.56 Å². The third-order valence-electron chi connectivity index (χ3n) is 3.03. The van der Waals surface area contributed by atoms with Crippen molar-refractivity contribution in [2.45, 2.75) is 25.8 Å². The summed E-state index contributed by atoms with van der Waals surface area (Å²) in [5, 5.41) is 2.56. The second-order valence-electron chi connectivity index (χ2n) is 4.64. The van der Waals surface area contributed by atoms with Gasteiger partial charge < -0.3 is 15.8 Å². The predicted molar refractivity (Wildman–Crippen MR) is 77.8 cm³/mol. The maximum Gasteiger partial charge on any atom is 0.328 e. The van der Waals surface area contributed by atoms with Gasteiger partial charge in [0.1, 0.15) is 6.04 Å². The normalized spacial score (nSPS) is 11.6. The summed E-state index contributed by atoms with van der Waals surface area (Å²) in [7, 11) is 1.27. The molecule has 0 saturated carbocycles. The van der Waals surface area contributed by atoms with Crippen molar-refractivity contribution in [3.8, 4) is 0 Å². The van der Waals surface area contributed by atoms with Gasteiger partial charge in [0.05, 0.1) is 13.7 Å². The zero-order valence-corrected chi connectivity index (χ0v) is 12.2. The minimum atomic E-state index is -0.660. The molecule has 0 aliphatic rings. The van der Waals surface area contributed by atoms with Crippen LogP contribution in [0.3, 0.4) is 0 Å². The van der Waals surface area contributed by atoms with Crippen LogP contribution >= 0.6 is 0 Å². The van der Waals surface area contributed by atoms with E-state index in [0.29, 0.717) is 12.0 Å². The second kappa shape index (κ2) is 8.16. The highest BCUT2D eigenvalue weighted by molar-refractivity contribution is 5.97. The molecule has 1 aromatic carbocycles. The van der Waals surface area contributed by atoms with E-state index in [-0.39, 0.29) is 24.7 Å². The average Bonchev–Trinajstić information content (AvgIpc) is 2.51. The number of nitrogens with one attached hydrogen (secondary N) is 1. The number of ketones is 1. The van der Waals surface area contributed by atoms with Gasteiger partial charge in [-0.15, -0.1) is 0 Å². The molecule has 21 heavy (non-hydrogen) atoms. The van der Waals surface area contributed by atoms with Gasteiger partial charge in [-0.2, -0.15) is 0 Å². The molecule has 3 N–H and O–H groups in total. The van der Waals surface area contributed by atoms with Gasteiger partial charge in [0.2, 0.25) is 5.91 Å². The van der Waals surface area contributed by atoms with Crippen LogP contribution < -0.4 is 11.1 Å². The Hall–Kier alpha value is -2.21. The minimum Gasteiger partial charge on any atom is -0.467 e. The maximum atomic E-state index is 11.7. The molecule has 6 nitrogen and oxygen atoms in total. The molecule has 0 spiro atoms. The number of rotatable bonds is 7. The first-order valence-electron chi connectivity index (χ1n) is 6.67. The molecule has 1 aromatic rings. The third kappa shape index (κ3) is 5.35. The van der Waals surface area contributed by atoms with Crippen molar-refractivity contribution in [1.82, 2.24) is 5.32 Å². The van der Waals surface area contributed by atoms with Gasteiger partial charge in [-0.05, 0) is 18.9 Å². The van der Waals surface area contributed by atoms with Crippen LogP contribution in [-0.2, 0) is 20.7 Å². The van der Waals surface area contributed by atoms with Gasteiger partial charge in [-0.3, -0.25) is 9.59 Å². The highest BCUT2D eigenvalue weighted by Crippen LogP contribution is 2.07. The summed E-state index contributed by atoms with van der Waals surface area (Å²) in [5.41, 5.74) is 6.78. The molecule has 1 unspecified atom stereocenters. The average molecular weight is 292 g/mol. The lowest BCUT2D eigenvalue weighted by Crippen LogP contribution is -2.39. The summed E-state index contributed by atoms with van der Waals surface area (Å²) in [6, 6.07) is 6.31. The Morgan fingerprint density at radius 2 is 1.86 bits per heavy atom. The lowest BCUT2D eigenvalue weighted by Gasteiger charge is -2.11. The van der Waals surface area contributed by atoms with Crippen molar-refractivity contribution in [1.29, 1.82) is 0 Å². The van der Waals surface area contributed by atoms with Crippen LogP contribution in [0.4, 0.5) is 0 Å². The minimum absolute atomic E-state index is 0.0207. The summed E-state index contributed by atoms with van der Waals surface area (Å²) in [6.45, 7) is 1.55. The Morgan fingerprint density at radius 3 is 2.38 bits per heavy atom. The standard InChI is InChI=1S/C15H20N2O4/c1-10(15(20)21-2)17-14(19)8-5-11-3-6-12(7-4-11)13(18)9-16/h3-4,6-7,10H,5,8-9,16H2,1-2H3,(H,17,19). The lowest BCUT2D eigenvalue weighted by atomic mass is 10.0. The molecule has 0 saturated heterocycles. The van der Waals surface area contributed by atoms with Crippen LogP contribution in [0, 0.1) is 0 Å². The Balaban J connectivity index is 2.46. The number of hydrogen-bond acceptors (Lipinski definition) is 5. The maximum absolute atomic E-state index is 11.7. The molecule has 0 aromatic heterocycles. The zero-order chi connectivity index (χ0) is 15.8. The highest BCUT2D eigenvalue weighted by Gasteiger charge is 2.15. The smallest absolute Gasteiger partial charge is 0.328 e. The topological polar surface area (TPSA) is 98.5 Å². The van der Waals surface area contributed by atoms with E-state index in [1.807, 2.05) is 0 Å². The number of methoxy groups -OCH3 is 1. The molecule has 0 aliphatic heterocycles. The number of carbonyl (C=O) groups is 3. The highest BCUT2D eigenvalue weighted by atomic mass is 16.5. The lowest BCUT2D eigenvalue weighted by molar-refractivity contribution is -0.144. The summed E-state index contributed by atoms with van der Waals surface area (Å²) in [5.74, 6) is -0.825. The number of aryl methyl sites for hydroxylation is 1. The van der Waals surface area contributed by atoms with E-state index < -0.39 is 12.0 Å². The Bertz CT molecular complexity index is 511. The first-order chi connectivity index (χ1) is 9.97. The largest absolute Gasteiger partial charge is 0.467 e. The fourth-order valence-corrected chi connectivity index (χ4v) is 1.78. The van der Waals surface area contributed by atoms with Gasteiger partial charge in [0.25, 0.3) is 0 Å². The molecule has 114 valence electrons. The summed E-state index contributed by atoms with van der Waals surface area (Å²) in [4.78, 5) is 34.2. The zero-order valence-electron chi connectivity index (χ0n) is 12.2. The number of ether oxygens (including phenoxy) is 1. The number of Topliss-reactive ketones (excluding diaryl/α,β-unsaturated/α-hetero) is 1. The first kappa shape index (κ1) is 16.8. The number of carbonyl (C=O) groups excluding carboxylic acids is 3. The Morgan fingerprint density at radius 1 is 1.24 bits per heavy atom. The predicted octanol–water partition coefficient (Wildman–Crippen LogP) is 0.438. The molecule has 6 heteroatoms. The fourth-order valence-electron chi connectivity index (χ4n) is 1.78. The van der Waals surface area contributed by atoms with E-state index in [1.54, 1.807) is 31.2 Å². The number of amides is 1. The van der Waals surface area contributed by atoms with E-state index >= 15 is 0 Å². The van der Waals surface area contributed by atoms with Crippen molar-refractivity contribution >= 4 is 17.7 Å². The van der Waals surface area contributed by atoms with Gasteiger partial charge in [0.15, 0.2) is 5.78 Å². The van der Waals surface area contributed by atoms with Gasteiger partial charge in [-0.1, -0.05) is 24.3 Å². The van der Waals surface area contributed by atoms with Crippen LogP contribution in [0.25, 0.3) is 0 Å². The van der Waals surface area contributed by atoms with Gasteiger partial charge >= 0.3 is 5.97 Å². The van der Waals surface area contributed by atoms with Crippen molar-refractivity contribution in [2.24, 2.45) is 5.73 Å². The number of hydrogen-bond donors (Lipinski definition) is 2. The monoisotopic (exact) mass is 292 g/mol. The van der Waals surface area contributed by atoms with Crippen LogP contribution in [-0.4, -0.2) is 37.4 Å². The number of benzene rings is 1. The summed E-state index contributed by atoms with van der Waals surface area (Å²) in [6.07, 6.45) is 0.780. The van der Waals surface area contributed by atoms with E-state index in [2.05, 4.69) is 10.1 Å². The molecule has 1 atom stereocenters. The Labute approximate surface area is 123 Å².